The smallest absolute Gasteiger partial charge is 0.339 e. The van der Waals surface area contributed by atoms with E-state index in [1.807, 2.05) is 18.2 Å². The van der Waals surface area contributed by atoms with Crippen LogP contribution in [0.15, 0.2) is 54.0 Å². The van der Waals surface area contributed by atoms with Crippen LogP contribution < -0.4 is 16.5 Å². The first-order chi connectivity index (χ1) is 9.25. The Morgan fingerprint density at radius 3 is 2.68 bits per heavy atom. The summed E-state index contributed by atoms with van der Waals surface area (Å²) < 4.78 is 0. The Morgan fingerprint density at radius 1 is 1.21 bits per heavy atom. The molecule has 2 aromatic rings. The van der Waals surface area contributed by atoms with Crippen molar-refractivity contribution in [3.8, 4) is 0 Å². The number of benzene rings is 1. The van der Waals surface area contributed by atoms with Crippen molar-refractivity contribution in [3.63, 3.8) is 0 Å². The zero-order valence-corrected chi connectivity index (χ0v) is 9.95. The molecule has 7 nitrogen and oxygen atoms in total. The fourth-order valence-corrected chi connectivity index (χ4v) is 1.28. The number of carbonyl (C=O) groups excluding carboxylic acids is 1. The number of hydrogen-bond donors (Lipinski definition) is 3. The van der Waals surface area contributed by atoms with Gasteiger partial charge in [-0.25, -0.2) is 15.2 Å². The average Bonchev–Trinajstić information content (AvgIpc) is 2.47. The molecule has 2 amide bonds. The van der Waals surface area contributed by atoms with E-state index in [9.17, 15) is 4.79 Å². The van der Waals surface area contributed by atoms with E-state index < -0.39 is 6.03 Å². The molecule has 7 heteroatoms. The summed E-state index contributed by atoms with van der Waals surface area (Å²) >= 11 is 0. The molecule has 2 rings (SSSR count). The van der Waals surface area contributed by atoms with Crippen molar-refractivity contribution in [1.82, 2.24) is 15.4 Å². The van der Waals surface area contributed by atoms with Gasteiger partial charge >= 0.3 is 6.03 Å². The Kier molecular flexibility index (Phi) is 4.01. The monoisotopic (exact) mass is 256 g/mol. The number of carbonyl (C=O) groups is 1. The van der Waals surface area contributed by atoms with Crippen LogP contribution in [0.5, 0.6) is 0 Å². The molecule has 1 heterocycles. The fourth-order valence-electron chi connectivity index (χ4n) is 1.28. The first-order valence-electron chi connectivity index (χ1n) is 5.47. The van der Waals surface area contributed by atoms with E-state index in [-0.39, 0.29) is 5.84 Å². The second kappa shape index (κ2) is 6.10. The van der Waals surface area contributed by atoms with Crippen molar-refractivity contribution in [2.24, 2.45) is 10.8 Å². The molecule has 0 fully saturated rings. The molecular formula is C12H12N6O. The van der Waals surface area contributed by atoms with E-state index in [1.165, 1.54) is 18.6 Å². The molecule has 0 saturated carbocycles. The second-order valence-corrected chi connectivity index (χ2v) is 3.52. The van der Waals surface area contributed by atoms with Crippen LogP contribution in [0.25, 0.3) is 0 Å². The summed E-state index contributed by atoms with van der Waals surface area (Å²) in [6.45, 7) is 0. The maximum Gasteiger partial charge on any atom is 0.339 e. The molecule has 0 saturated heterocycles. The molecule has 0 spiro atoms. The number of nitrogens with zero attached hydrogens (tertiary/aromatic N) is 3. The fraction of sp³-hybridized carbons (Fsp3) is 0. The van der Waals surface area contributed by atoms with Crippen LogP contribution in [0, 0.1) is 0 Å². The Balaban J connectivity index is 1.93. The Labute approximate surface area is 109 Å². The van der Waals surface area contributed by atoms with Crippen molar-refractivity contribution in [2.45, 2.75) is 0 Å². The van der Waals surface area contributed by atoms with Gasteiger partial charge < -0.3 is 11.1 Å². The molecule has 0 aliphatic rings. The lowest BCUT2D eigenvalue weighted by molar-refractivity contribution is 0.252. The van der Waals surface area contributed by atoms with E-state index in [4.69, 9.17) is 5.73 Å². The normalized spacial score (nSPS) is 10.8. The van der Waals surface area contributed by atoms with Gasteiger partial charge in [0.15, 0.2) is 5.84 Å². The summed E-state index contributed by atoms with van der Waals surface area (Å²) in [6, 6.07) is 8.51. The predicted molar refractivity (Wildman–Crippen MR) is 71.4 cm³/mol. The van der Waals surface area contributed by atoms with Crippen LogP contribution in [-0.4, -0.2) is 21.8 Å². The van der Waals surface area contributed by atoms with Gasteiger partial charge in [-0.1, -0.05) is 18.2 Å². The molecule has 0 radical (unpaired) electrons. The maximum absolute atomic E-state index is 11.5. The number of urea groups is 1. The minimum Gasteiger partial charge on any atom is -0.380 e. The average molecular weight is 256 g/mol. The zero-order valence-electron chi connectivity index (χ0n) is 9.95. The number of nitrogens with two attached hydrogens (primary N) is 1. The summed E-state index contributed by atoms with van der Waals surface area (Å²) in [5.74, 6) is 0.0799. The number of hydrogen-bond acceptors (Lipinski definition) is 4. The van der Waals surface area contributed by atoms with Crippen LogP contribution in [0.1, 0.15) is 5.69 Å². The maximum atomic E-state index is 11.5. The van der Waals surface area contributed by atoms with Gasteiger partial charge in [0.25, 0.3) is 0 Å². The highest BCUT2D eigenvalue weighted by Gasteiger charge is 2.02. The summed E-state index contributed by atoms with van der Waals surface area (Å²) in [4.78, 5) is 19.3. The zero-order chi connectivity index (χ0) is 13.5. The van der Waals surface area contributed by atoms with Crippen molar-refractivity contribution in [2.75, 3.05) is 5.32 Å². The van der Waals surface area contributed by atoms with Crippen molar-refractivity contribution >= 4 is 17.6 Å². The third kappa shape index (κ3) is 3.77. The topological polar surface area (TPSA) is 105 Å². The molecule has 4 N–H and O–H groups in total. The summed E-state index contributed by atoms with van der Waals surface area (Å²) in [6.07, 6.45) is 4.46. The number of anilines is 1. The molecule has 19 heavy (non-hydrogen) atoms. The molecule has 0 unspecified atom stereocenters. The predicted octanol–water partition coefficient (Wildman–Crippen LogP) is 0.919. The van der Waals surface area contributed by atoms with E-state index in [0.717, 1.165) is 0 Å². The van der Waals surface area contributed by atoms with E-state index in [0.29, 0.717) is 11.4 Å². The summed E-state index contributed by atoms with van der Waals surface area (Å²) in [5, 5.41) is 6.32. The highest BCUT2D eigenvalue weighted by Crippen LogP contribution is 2.03. The van der Waals surface area contributed by atoms with Crippen molar-refractivity contribution in [3.05, 3.63) is 54.6 Å². The van der Waals surface area contributed by atoms with Crippen LogP contribution in [-0.2, 0) is 0 Å². The second-order valence-electron chi connectivity index (χ2n) is 3.52. The first-order valence-corrected chi connectivity index (χ1v) is 5.47. The van der Waals surface area contributed by atoms with Crippen LogP contribution in [0.2, 0.25) is 0 Å². The summed E-state index contributed by atoms with van der Waals surface area (Å²) in [7, 11) is 0. The largest absolute Gasteiger partial charge is 0.380 e. The molecule has 0 aliphatic heterocycles. The summed E-state index contributed by atoms with van der Waals surface area (Å²) in [5.41, 5.74) is 8.97. The number of para-hydroxylation sites is 1. The SMILES string of the molecule is N/C(=N\NC(=O)Nc1ccccc1)c1cnccn1. The molecule has 1 aromatic carbocycles. The van der Waals surface area contributed by atoms with Gasteiger partial charge in [-0.15, -0.1) is 0 Å². The highest BCUT2D eigenvalue weighted by molar-refractivity contribution is 5.97. The molecule has 96 valence electrons. The minimum absolute atomic E-state index is 0.0799. The number of hydrazone groups is 1. The quantitative estimate of drug-likeness (QED) is 0.431. The van der Waals surface area contributed by atoms with Gasteiger partial charge in [-0.05, 0) is 12.1 Å². The van der Waals surface area contributed by atoms with Gasteiger partial charge in [0.2, 0.25) is 0 Å². The molecule has 0 bridgehead atoms. The van der Waals surface area contributed by atoms with Gasteiger partial charge in [0.05, 0.1) is 6.20 Å². The third-order valence-electron chi connectivity index (χ3n) is 2.14. The van der Waals surface area contributed by atoms with Gasteiger partial charge in [-0.3, -0.25) is 4.98 Å². The van der Waals surface area contributed by atoms with E-state index in [2.05, 4.69) is 25.8 Å². The van der Waals surface area contributed by atoms with Crippen LogP contribution >= 0.6 is 0 Å². The van der Waals surface area contributed by atoms with E-state index >= 15 is 0 Å². The molecule has 1 aromatic heterocycles. The lowest BCUT2D eigenvalue weighted by atomic mass is 10.3. The number of nitrogens with one attached hydrogen (secondary N) is 2. The molecular weight excluding hydrogens is 244 g/mol. The number of rotatable bonds is 3. The standard InChI is InChI=1S/C12H12N6O/c13-11(10-8-14-6-7-15-10)17-18-12(19)16-9-4-2-1-3-5-9/h1-8H,(H2,13,17)(H2,16,18,19). The Morgan fingerprint density at radius 2 is 2.00 bits per heavy atom. The van der Waals surface area contributed by atoms with Crippen molar-refractivity contribution in [1.29, 1.82) is 0 Å². The minimum atomic E-state index is -0.488. The number of amidine groups is 1. The number of amides is 2. The lowest BCUT2D eigenvalue weighted by Gasteiger charge is -2.04. The van der Waals surface area contributed by atoms with Crippen molar-refractivity contribution < 1.29 is 4.79 Å². The third-order valence-corrected chi connectivity index (χ3v) is 2.14. The number of aromatic nitrogens is 2. The van der Waals surface area contributed by atoms with Crippen LogP contribution in [0.3, 0.4) is 0 Å². The lowest BCUT2D eigenvalue weighted by Crippen LogP contribution is -2.28. The Bertz CT molecular complexity index is 569. The first kappa shape index (κ1) is 12.5. The van der Waals surface area contributed by atoms with E-state index in [1.54, 1.807) is 12.1 Å². The molecule has 0 aliphatic carbocycles. The van der Waals surface area contributed by atoms with Gasteiger partial charge in [-0.2, -0.15) is 5.10 Å². The highest BCUT2D eigenvalue weighted by atomic mass is 16.2. The molecule has 0 atom stereocenters. The van der Waals surface area contributed by atoms with Gasteiger partial charge in [0.1, 0.15) is 5.69 Å². The van der Waals surface area contributed by atoms with Gasteiger partial charge in [0, 0.05) is 18.1 Å². The Hall–Kier alpha value is -2.96. The van der Waals surface area contributed by atoms with Crippen LogP contribution in [0.4, 0.5) is 10.5 Å².